The molecule has 0 aromatic carbocycles. The van der Waals surface area contributed by atoms with Gasteiger partial charge >= 0.3 is 5.97 Å². The van der Waals surface area contributed by atoms with E-state index in [9.17, 15) is 9.59 Å². The molecule has 0 aliphatic heterocycles. The van der Waals surface area contributed by atoms with E-state index in [1.807, 2.05) is 0 Å². The third kappa shape index (κ3) is 5.15. The van der Waals surface area contributed by atoms with Gasteiger partial charge in [-0.05, 0) is 0 Å². The smallest absolute Gasteiger partial charge is 0.323 e. The fourth-order valence-corrected chi connectivity index (χ4v) is 0.809. The number of aliphatic hydroxyl groups is 1. The molecule has 0 rings (SSSR count). The van der Waals surface area contributed by atoms with Crippen LogP contribution in [-0.4, -0.2) is 52.7 Å². The Morgan fingerprint density at radius 3 is 2.38 bits per heavy atom. The first-order chi connectivity index (χ1) is 5.97. The number of nitrogens with two attached hydrogens (primary N) is 1. The lowest BCUT2D eigenvalue weighted by Gasteiger charge is -2.21. The molecule has 0 aliphatic carbocycles. The summed E-state index contributed by atoms with van der Waals surface area (Å²) >= 11 is 0. The zero-order valence-electron chi connectivity index (χ0n) is 7.43. The number of aliphatic hydroxyl groups excluding tert-OH is 1. The van der Waals surface area contributed by atoms with Crippen molar-refractivity contribution in [2.75, 3.05) is 19.7 Å². The Hall–Kier alpha value is -1.14. The second-order valence-electron chi connectivity index (χ2n) is 2.74. The summed E-state index contributed by atoms with van der Waals surface area (Å²) in [4.78, 5) is 22.2. The molecule has 0 aromatic rings. The van der Waals surface area contributed by atoms with Crippen LogP contribution in [0.2, 0.25) is 0 Å². The standard InChI is InChI=1S/C7H14N2O4/c1-5(11)9(3-7(12)13)2-6(8)4-10/h6,10H,2-4,8H2,1H3,(H,12,13). The Labute approximate surface area is 75.9 Å². The summed E-state index contributed by atoms with van der Waals surface area (Å²) in [6.45, 7) is 0.650. The number of hydrogen-bond acceptors (Lipinski definition) is 4. The number of aliphatic carboxylic acids is 1. The van der Waals surface area contributed by atoms with Gasteiger partial charge in [0, 0.05) is 19.5 Å². The number of nitrogens with zero attached hydrogens (tertiary/aromatic N) is 1. The number of carboxylic acids is 1. The average Bonchev–Trinajstić information content (AvgIpc) is 2.02. The van der Waals surface area contributed by atoms with Gasteiger partial charge in [-0.25, -0.2) is 0 Å². The largest absolute Gasteiger partial charge is 0.480 e. The second kappa shape index (κ2) is 5.50. The lowest BCUT2D eigenvalue weighted by atomic mass is 10.3. The molecule has 1 amide bonds. The quantitative estimate of drug-likeness (QED) is 0.476. The van der Waals surface area contributed by atoms with Gasteiger partial charge in [0.25, 0.3) is 0 Å². The highest BCUT2D eigenvalue weighted by Gasteiger charge is 2.15. The lowest BCUT2D eigenvalue weighted by molar-refractivity contribution is -0.143. The van der Waals surface area contributed by atoms with Crippen LogP contribution in [0.25, 0.3) is 0 Å². The van der Waals surface area contributed by atoms with Crippen molar-refractivity contribution in [3.63, 3.8) is 0 Å². The van der Waals surface area contributed by atoms with Crippen molar-refractivity contribution in [1.82, 2.24) is 4.90 Å². The maximum Gasteiger partial charge on any atom is 0.323 e. The van der Waals surface area contributed by atoms with Crippen molar-refractivity contribution in [3.05, 3.63) is 0 Å². The highest BCUT2D eigenvalue weighted by molar-refractivity contribution is 5.79. The second-order valence-corrected chi connectivity index (χ2v) is 2.74. The van der Waals surface area contributed by atoms with E-state index >= 15 is 0 Å². The minimum Gasteiger partial charge on any atom is -0.480 e. The van der Waals surface area contributed by atoms with Crippen molar-refractivity contribution in [2.45, 2.75) is 13.0 Å². The lowest BCUT2D eigenvalue weighted by Crippen LogP contribution is -2.44. The third-order valence-corrected chi connectivity index (χ3v) is 1.46. The molecule has 13 heavy (non-hydrogen) atoms. The molecule has 0 saturated heterocycles. The maximum atomic E-state index is 10.9. The van der Waals surface area contributed by atoms with Crippen LogP contribution in [0.15, 0.2) is 0 Å². The summed E-state index contributed by atoms with van der Waals surface area (Å²) in [6.07, 6.45) is 0. The number of carbonyl (C=O) groups is 2. The minimum atomic E-state index is -1.10. The molecule has 4 N–H and O–H groups in total. The van der Waals surface area contributed by atoms with Crippen molar-refractivity contribution in [1.29, 1.82) is 0 Å². The van der Waals surface area contributed by atoms with E-state index in [0.717, 1.165) is 4.90 Å². The van der Waals surface area contributed by atoms with Crippen LogP contribution in [0.5, 0.6) is 0 Å². The van der Waals surface area contributed by atoms with Gasteiger partial charge in [-0.3, -0.25) is 9.59 Å². The molecule has 0 bridgehead atoms. The van der Waals surface area contributed by atoms with Gasteiger partial charge in [0.1, 0.15) is 6.54 Å². The molecule has 0 heterocycles. The molecule has 0 aromatic heterocycles. The molecular formula is C7H14N2O4. The summed E-state index contributed by atoms with van der Waals surface area (Å²) in [5.74, 6) is -1.47. The van der Waals surface area contributed by atoms with Crippen LogP contribution in [0.1, 0.15) is 6.92 Å². The molecule has 6 nitrogen and oxygen atoms in total. The Bertz CT molecular complexity index is 195. The summed E-state index contributed by atoms with van der Waals surface area (Å²) in [6, 6.07) is -0.594. The molecule has 0 spiro atoms. The van der Waals surface area contributed by atoms with E-state index in [1.54, 1.807) is 0 Å². The van der Waals surface area contributed by atoms with Crippen LogP contribution in [-0.2, 0) is 9.59 Å². The van der Waals surface area contributed by atoms with E-state index in [0.29, 0.717) is 0 Å². The predicted octanol–water partition coefficient (Wildman–Crippen LogP) is -1.76. The Balaban J connectivity index is 4.10. The first kappa shape index (κ1) is 11.9. The normalized spacial score (nSPS) is 12.2. The third-order valence-electron chi connectivity index (χ3n) is 1.46. The highest BCUT2D eigenvalue weighted by Crippen LogP contribution is 1.91. The van der Waals surface area contributed by atoms with Gasteiger partial charge < -0.3 is 20.8 Å². The van der Waals surface area contributed by atoms with E-state index in [4.69, 9.17) is 15.9 Å². The minimum absolute atomic E-state index is 0.0537. The fourth-order valence-electron chi connectivity index (χ4n) is 0.809. The summed E-state index contributed by atoms with van der Waals surface area (Å²) < 4.78 is 0. The zero-order chi connectivity index (χ0) is 10.4. The summed E-state index contributed by atoms with van der Waals surface area (Å²) in [5, 5.41) is 17.0. The van der Waals surface area contributed by atoms with Crippen molar-refractivity contribution >= 4 is 11.9 Å². The number of amides is 1. The molecule has 0 aliphatic rings. The van der Waals surface area contributed by atoms with Gasteiger partial charge in [0.05, 0.1) is 6.61 Å². The molecule has 0 saturated carbocycles. The van der Waals surface area contributed by atoms with Crippen molar-refractivity contribution in [2.24, 2.45) is 5.73 Å². The summed E-state index contributed by atoms with van der Waals surface area (Å²) in [7, 11) is 0. The monoisotopic (exact) mass is 190 g/mol. The number of rotatable bonds is 5. The van der Waals surface area contributed by atoms with E-state index in [2.05, 4.69) is 0 Å². The van der Waals surface area contributed by atoms with Gasteiger partial charge in [-0.2, -0.15) is 0 Å². The Morgan fingerprint density at radius 1 is 1.54 bits per heavy atom. The fraction of sp³-hybridized carbons (Fsp3) is 0.714. The van der Waals surface area contributed by atoms with Gasteiger partial charge in [-0.1, -0.05) is 0 Å². The predicted molar refractivity (Wildman–Crippen MR) is 45.0 cm³/mol. The topological polar surface area (TPSA) is 104 Å². The molecule has 76 valence electrons. The van der Waals surface area contributed by atoms with Crippen LogP contribution in [0, 0.1) is 0 Å². The van der Waals surface area contributed by atoms with E-state index in [1.165, 1.54) is 6.92 Å². The molecule has 0 radical (unpaired) electrons. The molecule has 1 unspecified atom stereocenters. The van der Waals surface area contributed by atoms with Crippen LogP contribution in [0.4, 0.5) is 0 Å². The van der Waals surface area contributed by atoms with Gasteiger partial charge in [0.15, 0.2) is 0 Å². The zero-order valence-corrected chi connectivity index (χ0v) is 7.43. The van der Waals surface area contributed by atoms with Crippen LogP contribution < -0.4 is 5.73 Å². The van der Waals surface area contributed by atoms with Gasteiger partial charge in [-0.15, -0.1) is 0 Å². The SMILES string of the molecule is CC(=O)N(CC(=O)O)CC(N)CO. The molecule has 1 atom stereocenters. The number of carboxylic acid groups (broad SMARTS) is 1. The summed E-state index contributed by atoms with van der Waals surface area (Å²) in [5.41, 5.74) is 5.35. The van der Waals surface area contributed by atoms with E-state index < -0.39 is 12.0 Å². The average molecular weight is 190 g/mol. The number of carbonyl (C=O) groups excluding carboxylic acids is 1. The molecule has 6 heteroatoms. The first-order valence-electron chi connectivity index (χ1n) is 3.81. The van der Waals surface area contributed by atoms with Crippen LogP contribution >= 0.6 is 0 Å². The molecule has 0 fully saturated rings. The molecular weight excluding hydrogens is 176 g/mol. The van der Waals surface area contributed by atoms with Crippen molar-refractivity contribution in [3.8, 4) is 0 Å². The Kier molecular flexibility index (Phi) is 5.01. The maximum absolute atomic E-state index is 10.9. The number of hydrogen-bond donors (Lipinski definition) is 3. The van der Waals surface area contributed by atoms with E-state index in [-0.39, 0.29) is 25.6 Å². The van der Waals surface area contributed by atoms with Crippen LogP contribution in [0.3, 0.4) is 0 Å². The highest BCUT2D eigenvalue weighted by atomic mass is 16.4. The first-order valence-corrected chi connectivity index (χ1v) is 3.81. The van der Waals surface area contributed by atoms with Crippen molar-refractivity contribution < 1.29 is 19.8 Å². The Morgan fingerprint density at radius 2 is 2.08 bits per heavy atom. The van der Waals surface area contributed by atoms with Gasteiger partial charge in [0.2, 0.25) is 5.91 Å².